The third-order valence-corrected chi connectivity index (χ3v) is 6.53. The van der Waals surface area contributed by atoms with Crippen molar-refractivity contribution < 1.29 is 33.9 Å². The first kappa shape index (κ1) is 25.0. The molecule has 1 saturated heterocycles. The molecule has 0 aromatic carbocycles. The summed E-state index contributed by atoms with van der Waals surface area (Å²) < 4.78 is 10.2. The quantitative estimate of drug-likeness (QED) is 0.436. The molecule has 2 heterocycles. The number of alkyl carbamates (subject to hydrolysis) is 1. The van der Waals surface area contributed by atoms with E-state index in [9.17, 15) is 24.4 Å². The van der Waals surface area contributed by atoms with Crippen molar-refractivity contribution in [1.29, 1.82) is 0 Å². The highest BCUT2D eigenvalue weighted by Crippen LogP contribution is 2.48. The van der Waals surface area contributed by atoms with Crippen LogP contribution in [0.3, 0.4) is 0 Å². The minimum atomic E-state index is -1.73. The van der Waals surface area contributed by atoms with E-state index in [2.05, 4.69) is 10.3 Å². The Balaban J connectivity index is 1.82. The lowest BCUT2D eigenvalue weighted by molar-refractivity contribution is -0.120. The molecule has 0 bridgehead atoms. The Labute approximate surface area is 193 Å². The Hall–Kier alpha value is -2.66. The summed E-state index contributed by atoms with van der Waals surface area (Å²) in [5, 5.41) is 22.0. The van der Waals surface area contributed by atoms with Crippen molar-refractivity contribution in [1.82, 2.24) is 10.3 Å². The SMILES string of the molecule is COC(=O)c1ncc(B(O)O)cc1N1CCC2(CC1)CC(=O)[C@@H](C)[C@@H]2NC(=O)OC(C)(C)C. The van der Waals surface area contributed by atoms with Crippen molar-refractivity contribution in [3.05, 3.63) is 18.0 Å². The van der Waals surface area contributed by atoms with Gasteiger partial charge in [-0.05, 0) is 39.7 Å². The molecule has 1 saturated carbocycles. The molecule has 10 nitrogen and oxygen atoms in total. The Morgan fingerprint density at radius 1 is 1.27 bits per heavy atom. The third-order valence-electron chi connectivity index (χ3n) is 6.53. The van der Waals surface area contributed by atoms with E-state index in [0.29, 0.717) is 38.0 Å². The molecule has 3 rings (SSSR count). The summed E-state index contributed by atoms with van der Waals surface area (Å²) >= 11 is 0. The molecule has 1 aromatic rings. The highest BCUT2D eigenvalue weighted by Gasteiger charge is 2.53. The topological polar surface area (TPSA) is 138 Å². The number of rotatable bonds is 4. The van der Waals surface area contributed by atoms with Crippen molar-refractivity contribution in [2.45, 2.75) is 58.6 Å². The van der Waals surface area contributed by atoms with E-state index in [0.717, 1.165) is 0 Å². The first-order chi connectivity index (χ1) is 15.4. The summed E-state index contributed by atoms with van der Waals surface area (Å²) in [5.41, 5.74) is -0.386. The first-order valence-corrected chi connectivity index (χ1v) is 11.1. The van der Waals surface area contributed by atoms with E-state index in [1.54, 1.807) is 20.8 Å². The van der Waals surface area contributed by atoms with Crippen LogP contribution in [-0.2, 0) is 14.3 Å². The fourth-order valence-corrected chi connectivity index (χ4v) is 4.83. The van der Waals surface area contributed by atoms with Crippen LogP contribution in [0.15, 0.2) is 12.3 Å². The predicted octanol–water partition coefficient (Wildman–Crippen LogP) is 0.637. The van der Waals surface area contributed by atoms with Gasteiger partial charge in [0.05, 0.1) is 12.8 Å². The number of ketones is 1. The molecule has 1 amide bonds. The van der Waals surface area contributed by atoms with E-state index in [1.807, 2.05) is 11.8 Å². The zero-order valence-corrected chi connectivity index (χ0v) is 19.8. The Kier molecular flexibility index (Phi) is 7.04. The van der Waals surface area contributed by atoms with Gasteiger partial charge in [-0.3, -0.25) is 4.79 Å². The zero-order valence-electron chi connectivity index (χ0n) is 19.8. The second-order valence-electron chi connectivity index (χ2n) is 9.91. The second-order valence-corrected chi connectivity index (χ2v) is 9.91. The number of piperidine rings is 1. The van der Waals surface area contributed by atoms with Gasteiger partial charge < -0.3 is 29.7 Å². The second kappa shape index (κ2) is 9.30. The number of esters is 1. The van der Waals surface area contributed by atoms with Crippen LogP contribution in [0.4, 0.5) is 10.5 Å². The van der Waals surface area contributed by atoms with E-state index < -0.39 is 30.2 Å². The normalized spacial score (nSPS) is 22.3. The largest absolute Gasteiger partial charge is 0.490 e. The van der Waals surface area contributed by atoms with Crippen LogP contribution in [0.25, 0.3) is 0 Å². The van der Waals surface area contributed by atoms with Crippen LogP contribution in [0.2, 0.25) is 0 Å². The lowest BCUT2D eigenvalue weighted by Gasteiger charge is -2.44. The van der Waals surface area contributed by atoms with E-state index in [4.69, 9.17) is 9.47 Å². The molecular formula is C22H32BN3O7. The van der Waals surface area contributed by atoms with Crippen molar-refractivity contribution in [3.8, 4) is 0 Å². The number of hydrogen-bond acceptors (Lipinski definition) is 9. The minimum absolute atomic E-state index is 0.0807. The third kappa shape index (κ3) is 5.30. The molecule has 0 radical (unpaired) electrons. The number of carbonyl (C=O) groups excluding carboxylic acids is 3. The van der Waals surface area contributed by atoms with E-state index in [-0.39, 0.29) is 28.9 Å². The monoisotopic (exact) mass is 461 g/mol. The molecule has 1 spiro atoms. The number of anilines is 1. The summed E-state index contributed by atoms with van der Waals surface area (Å²) in [7, 11) is -0.471. The van der Waals surface area contributed by atoms with Crippen LogP contribution in [-0.4, -0.2) is 71.8 Å². The van der Waals surface area contributed by atoms with Gasteiger partial charge in [0.15, 0.2) is 5.69 Å². The van der Waals surface area contributed by atoms with Gasteiger partial charge in [-0.2, -0.15) is 0 Å². The number of Topliss-reactive ketones (excluding diaryl/α,β-unsaturated/α-hetero) is 1. The molecule has 2 fully saturated rings. The maximum absolute atomic E-state index is 12.6. The lowest BCUT2D eigenvalue weighted by atomic mass is 9.72. The Bertz CT molecular complexity index is 923. The Morgan fingerprint density at radius 2 is 1.91 bits per heavy atom. The summed E-state index contributed by atoms with van der Waals surface area (Å²) in [5.74, 6) is -0.852. The number of hydrogen-bond donors (Lipinski definition) is 3. The Morgan fingerprint density at radius 3 is 2.45 bits per heavy atom. The van der Waals surface area contributed by atoms with Crippen molar-refractivity contribution in [2.75, 3.05) is 25.1 Å². The minimum Gasteiger partial charge on any atom is -0.464 e. The fourth-order valence-electron chi connectivity index (χ4n) is 4.83. The molecule has 2 aliphatic rings. The molecule has 0 unspecified atom stereocenters. The van der Waals surface area contributed by atoms with Gasteiger partial charge >= 0.3 is 19.2 Å². The molecule has 2 atom stereocenters. The zero-order chi connectivity index (χ0) is 24.6. The summed E-state index contributed by atoms with van der Waals surface area (Å²) in [4.78, 5) is 43.4. The standard InChI is InChI=1S/C22H32BN3O7/c1-13-16(27)11-22(18(13)25-20(29)33-21(2,3)4)6-8-26(9-7-22)15-10-14(23(30)31)12-24-17(15)19(28)32-5/h10,12-13,18,30-31H,6-9,11H2,1-5H3,(H,25,29)/t13-,18+/m1/s1. The van der Waals surface area contributed by atoms with Crippen LogP contribution >= 0.6 is 0 Å². The van der Waals surface area contributed by atoms with Gasteiger partial charge in [0.1, 0.15) is 11.4 Å². The van der Waals surface area contributed by atoms with Crippen LogP contribution in [0.5, 0.6) is 0 Å². The average molecular weight is 461 g/mol. The van der Waals surface area contributed by atoms with Crippen LogP contribution < -0.4 is 15.7 Å². The van der Waals surface area contributed by atoms with Crippen LogP contribution in [0.1, 0.15) is 57.4 Å². The predicted molar refractivity (Wildman–Crippen MR) is 121 cm³/mol. The molecule has 3 N–H and O–H groups in total. The summed E-state index contributed by atoms with van der Waals surface area (Å²) in [6, 6.07) is 1.16. The number of methoxy groups -OCH3 is 1. The summed E-state index contributed by atoms with van der Waals surface area (Å²) in [6.07, 6.45) is 2.23. The van der Waals surface area contributed by atoms with Gasteiger partial charge in [-0.15, -0.1) is 0 Å². The number of ether oxygens (including phenoxy) is 2. The smallest absolute Gasteiger partial charge is 0.464 e. The highest BCUT2D eigenvalue weighted by atomic mass is 16.6. The lowest BCUT2D eigenvalue weighted by Crippen LogP contribution is -2.53. The van der Waals surface area contributed by atoms with Crippen molar-refractivity contribution >= 4 is 36.1 Å². The number of carbonyl (C=O) groups is 3. The van der Waals surface area contributed by atoms with Gasteiger partial charge in [-0.25, -0.2) is 14.6 Å². The van der Waals surface area contributed by atoms with Gasteiger partial charge in [0, 0.05) is 48.5 Å². The van der Waals surface area contributed by atoms with E-state index >= 15 is 0 Å². The van der Waals surface area contributed by atoms with Crippen molar-refractivity contribution in [3.63, 3.8) is 0 Å². The first-order valence-electron chi connectivity index (χ1n) is 11.1. The average Bonchev–Trinajstić information content (AvgIpc) is 2.96. The van der Waals surface area contributed by atoms with Gasteiger partial charge in [0.25, 0.3) is 0 Å². The number of nitrogens with zero attached hydrogens (tertiary/aromatic N) is 2. The number of pyridine rings is 1. The fraction of sp³-hybridized carbons (Fsp3) is 0.636. The van der Waals surface area contributed by atoms with Gasteiger partial charge in [-0.1, -0.05) is 6.92 Å². The number of amides is 1. The molecule has 33 heavy (non-hydrogen) atoms. The van der Waals surface area contributed by atoms with Gasteiger partial charge in [0.2, 0.25) is 0 Å². The molecule has 1 aliphatic heterocycles. The van der Waals surface area contributed by atoms with Crippen LogP contribution in [0, 0.1) is 11.3 Å². The number of aromatic nitrogens is 1. The molecular weight excluding hydrogens is 429 g/mol. The number of nitrogens with one attached hydrogen (secondary N) is 1. The maximum atomic E-state index is 12.6. The molecule has 11 heteroatoms. The highest BCUT2D eigenvalue weighted by molar-refractivity contribution is 6.58. The molecule has 180 valence electrons. The maximum Gasteiger partial charge on any atom is 0.490 e. The molecule has 1 aromatic heterocycles. The molecule has 1 aliphatic carbocycles. The summed E-state index contributed by atoms with van der Waals surface area (Å²) in [6.45, 7) is 8.17. The van der Waals surface area contributed by atoms with E-state index in [1.165, 1.54) is 19.4 Å². The van der Waals surface area contributed by atoms with Crippen molar-refractivity contribution in [2.24, 2.45) is 11.3 Å².